The van der Waals surface area contributed by atoms with E-state index in [1.165, 1.54) is 11.3 Å². The van der Waals surface area contributed by atoms with Crippen LogP contribution in [0.1, 0.15) is 29.3 Å². The van der Waals surface area contributed by atoms with Crippen LogP contribution in [-0.4, -0.2) is 22.0 Å². The largest absolute Gasteiger partial charge is 0.303 e. The van der Waals surface area contributed by atoms with Gasteiger partial charge in [-0.15, -0.1) is 21.5 Å². The number of aryl methyl sites for hydroxylation is 1. The summed E-state index contributed by atoms with van der Waals surface area (Å²) in [6.07, 6.45) is 0.846. The van der Waals surface area contributed by atoms with Crippen molar-refractivity contribution >= 4 is 45.3 Å². The Balaban J connectivity index is 1.71. The average molecular weight is 399 g/mol. The first-order valence-electron chi connectivity index (χ1n) is 8.62. The first-order valence-corrected chi connectivity index (χ1v) is 10.4. The smallest absolute Gasteiger partial charge is 0.231 e. The van der Waals surface area contributed by atoms with Gasteiger partial charge in [0.25, 0.3) is 0 Å². The van der Waals surface area contributed by atoms with E-state index in [1.54, 1.807) is 21.7 Å². The standard InChI is InChI=1S/C19H18N4O2S2/c1-12-4-6-13(7-5-12)23-16(24)9-8-14(17(23)15-3-2-10-26-15)18(25)21-19-22-20-11-27-19/h2-7,10-11,14,17H,8-9H2,1H3,(H,21,22,25). The fourth-order valence-electron chi connectivity index (χ4n) is 3.39. The van der Waals surface area contributed by atoms with Gasteiger partial charge in [0, 0.05) is 17.0 Å². The van der Waals surface area contributed by atoms with Crippen LogP contribution >= 0.6 is 22.7 Å². The third-order valence-corrected chi connectivity index (χ3v) is 6.22. The van der Waals surface area contributed by atoms with Gasteiger partial charge in [-0.2, -0.15) is 0 Å². The van der Waals surface area contributed by atoms with Gasteiger partial charge >= 0.3 is 0 Å². The van der Waals surface area contributed by atoms with Gasteiger partial charge in [0.2, 0.25) is 16.9 Å². The lowest BCUT2D eigenvalue weighted by Crippen LogP contribution is -2.46. The highest BCUT2D eigenvalue weighted by Gasteiger charge is 2.42. The molecule has 1 fully saturated rings. The summed E-state index contributed by atoms with van der Waals surface area (Å²) < 4.78 is 0. The summed E-state index contributed by atoms with van der Waals surface area (Å²) in [6.45, 7) is 2.01. The molecule has 0 radical (unpaired) electrons. The SMILES string of the molecule is Cc1ccc(N2C(=O)CCC(C(=O)Nc3nncs3)C2c2cccs2)cc1. The first-order chi connectivity index (χ1) is 13.1. The Morgan fingerprint density at radius 2 is 2.04 bits per heavy atom. The van der Waals surface area contributed by atoms with Crippen LogP contribution in [0.3, 0.4) is 0 Å². The van der Waals surface area contributed by atoms with E-state index in [2.05, 4.69) is 15.5 Å². The van der Waals surface area contributed by atoms with Crippen molar-refractivity contribution in [1.82, 2.24) is 10.2 Å². The van der Waals surface area contributed by atoms with Crippen molar-refractivity contribution in [2.75, 3.05) is 10.2 Å². The molecule has 1 N–H and O–H groups in total. The zero-order valence-corrected chi connectivity index (χ0v) is 16.3. The zero-order chi connectivity index (χ0) is 18.8. The lowest BCUT2D eigenvalue weighted by molar-refractivity contribution is -0.125. The Morgan fingerprint density at radius 3 is 2.70 bits per heavy atom. The summed E-state index contributed by atoms with van der Waals surface area (Å²) >= 11 is 2.84. The maximum atomic E-state index is 13.0. The number of nitrogens with zero attached hydrogens (tertiary/aromatic N) is 3. The molecule has 1 saturated heterocycles. The quantitative estimate of drug-likeness (QED) is 0.720. The van der Waals surface area contributed by atoms with Crippen molar-refractivity contribution in [1.29, 1.82) is 0 Å². The third-order valence-electron chi connectivity index (χ3n) is 4.67. The second-order valence-electron chi connectivity index (χ2n) is 6.44. The minimum absolute atomic E-state index is 0.0391. The predicted octanol–water partition coefficient (Wildman–Crippen LogP) is 4.03. The number of carbonyl (C=O) groups is 2. The molecular weight excluding hydrogens is 380 g/mol. The van der Waals surface area contributed by atoms with Crippen LogP contribution in [0, 0.1) is 12.8 Å². The molecule has 1 aliphatic rings. The Morgan fingerprint density at radius 1 is 1.22 bits per heavy atom. The van der Waals surface area contributed by atoms with E-state index in [-0.39, 0.29) is 23.8 Å². The summed E-state index contributed by atoms with van der Waals surface area (Å²) in [5.41, 5.74) is 3.52. The molecule has 1 aliphatic heterocycles. The van der Waals surface area contributed by atoms with Gasteiger partial charge < -0.3 is 10.2 Å². The Hall–Kier alpha value is -2.58. The lowest BCUT2D eigenvalue weighted by Gasteiger charge is -2.40. The molecule has 2 amide bonds. The van der Waals surface area contributed by atoms with Crippen LogP contribution < -0.4 is 10.2 Å². The molecule has 138 valence electrons. The molecule has 0 saturated carbocycles. The molecule has 0 aliphatic carbocycles. The van der Waals surface area contributed by atoms with Crippen molar-refractivity contribution in [2.24, 2.45) is 5.92 Å². The first kappa shape index (κ1) is 17.8. The summed E-state index contributed by atoms with van der Waals surface area (Å²) in [5.74, 6) is -0.446. The van der Waals surface area contributed by atoms with Crippen LogP contribution in [0.15, 0.2) is 47.3 Å². The monoisotopic (exact) mass is 398 g/mol. The van der Waals surface area contributed by atoms with Gasteiger partial charge in [0.05, 0.1) is 12.0 Å². The van der Waals surface area contributed by atoms with Gasteiger partial charge in [-0.25, -0.2) is 0 Å². The van der Waals surface area contributed by atoms with E-state index in [9.17, 15) is 9.59 Å². The molecule has 0 spiro atoms. The van der Waals surface area contributed by atoms with E-state index >= 15 is 0 Å². The number of hydrogen-bond acceptors (Lipinski definition) is 6. The highest BCUT2D eigenvalue weighted by atomic mass is 32.1. The molecule has 4 rings (SSSR count). The number of anilines is 2. The molecule has 1 aromatic carbocycles. The summed E-state index contributed by atoms with van der Waals surface area (Å²) in [5, 5.41) is 13.0. The van der Waals surface area contributed by atoms with Gasteiger partial charge in [-0.3, -0.25) is 9.59 Å². The van der Waals surface area contributed by atoms with Crippen LogP contribution in [-0.2, 0) is 9.59 Å². The predicted molar refractivity (Wildman–Crippen MR) is 107 cm³/mol. The van der Waals surface area contributed by atoms with Crippen LogP contribution in [0.4, 0.5) is 10.8 Å². The number of amides is 2. The van der Waals surface area contributed by atoms with Crippen molar-refractivity contribution in [2.45, 2.75) is 25.8 Å². The topological polar surface area (TPSA) is 75.2 Å². The second kappa shape index (κ2) is 7.58. The minimum atomic E-state index is -0.355. The van der Waals surface area contributed by atoms with Crippen LogP contribution in [0.2, 0.25) is 0 Å². The lowest BCUT2D eigenvalue weighted by atomic mass is 9.86. The molecule has 2 aromatic heterocycles. The highest BCUT2D eigenvalue weighted by molar-refractivity contribution is 7.13. The van der Waals surface area contributed by atoms with Gasteiger partial charge in [-0.1, -0.05) is 35.1 Å². The molecule has 8 heteroatoms. The zero-order valence-electron chi connectivity index (χ0n) is 14.7. The molecule has 3 aromatic rings. The van der Waals surface area contributed by atoms with Crippen molar-refractivity contribution < 1.29 is 9.59 Å². The number of rotatable bonds is 4. The number of nitrogens with one attached hydrogen (secondary N) is 1. The summed E-state index contributed by atoms with van der Waals surface area (Å²) in [7, 11) is 0. The molecule has 2 atom stereocenters. The minimum Gasteiger partial charge on any atom is -0.303 e. The van der Waals surface area contributed by atoms with Crippen LogP contribution in [0.5, 0.6) is 0 Å². The third kappa shape index (κ3) is 3.63. The van der Waals surface area contributed by atoms with E-state index in [0.717, 1.165) is 16.1 Å². The molecule has 2 unspecified atom stereocenters. The molecule has 0 bridgehead atoms. The van der Waals surface area contributed by atoms with Gasteiger partial charge in [-0.05, 0) is 36.9 Å². The van der Waals surface area contributed by atoms with Crippen molar-refractivity contribution in [3.8, 4) is 0 Å². The van der Waals surface area contributed by atoms with Crippen LogP contribution in [0.25, 0.3) is 0 Å². The number of benzene rings is 1. The Kier molecular flexibility index (Phi) is 5.00. The fraction of sp³-hybridized carbons (Fsp3) is 0.263. The Labute approximate surface area is 164 Å². The van der Waals surface area contributed by atoms with Gasteiger partial charge in [0.1, 0.15) is 5.51 Å². The van der Waals surface area contributed by atoms with E-state index in [1.807, 2.05) is 48.7 Å². The maximum absolute atomic E-state index is 13.0. The Bertz CT molecular complexity index is 923. The fourth-order valence-corrected chi connectivity index (χ4v) is 4.72. The summed E-state index contributed by atoms with van der Waals surface area (Å²) in [6, 6.07) is 11.5. The highest BCUT2D eigenvalue weighted by Crippen LogP contribution is 2.42. The molecular formula is C19H18N4O2S2. The average Bonchev–Trinajstić information content (AvgIpc) is 3.36. The molecule has 6 nitrogen and oxygen atoms in total. The summed E-state index contributed by atoms with van der Waals surface area (Å²) in [4.78, 5) is 28.6. The number of piperidine rings is 1. The number of carbonyl (C=O) groups excluding carboxylic acids is 2. The van der Waals surface area contributed by atoms with Gasteiger partial charge in [0.15, 0.2) is 0 Å². The van der Waals surface area contributed by atoms with E-state index in [0.29, 0.717) is 18.0 Å². The molecule has 27 heavy (non-hydrogen) atoms. The second-order valence-corrected chi connectivity index (χ2v) is 8.25. The molecule has 3 heterocycles. The number of thiophene rings is 1. The van der Waals surface area contributed by atoms with Crippen molar-refractivity contribution in [3.63, 3.8) is 0 Å². The maximum Gasteiger partial charge on any atom is 0.231 e. The number of aromatic nitrogens is 2. The van der Waals surface area contributed by atoms with Crippen molar-refractivity contribution in [3.05, 3.63) is 57.7 Å². The number of hydrogen-bond donors (Lipinski definition) is 1. The normalized spacial score (nSPS) is 19.9. The van der Waals surface area contributed by atoms with E-state index in [4.69, 9.17) is 0 Å². The van der Waals surface area contributed by atoms with E-state index < -0.39 is 0 Å².